The van der Waals surface area contributed by atoms with Gasteiger partial charge in [0.25, 0.3) is 29.3 Å². The topological polar surface area (TPSA) is 185 Å². The van der Waals surface area contributed by atoms with E-state index in [0.717, 1.165) is 143 Å². The van der Waals surface area contributed by atoms with E-state index in [9.17, 15) is 29.3 Å². The van der Waals surface area contributed by atoms with Crippen LogP contribution in [-0.2, 0) is 10.8 Å². The largest absolute Gasteiger partial charge is 0.320 e. The van der Waals surface area contributed by atoms with E-state index in [4.69, 9.17) is 0 Å². The first kappa shape index (κ1) is 48.5. The van der Waals surface area contributed by atoms with Crippen LogP contribution in [-0.4, -0.2) is 38.5 Å². The van der Waals surface area contributed by atoms with Crippen LogP contribution in [0, 0.1) is 65.5 Å². The monoisotopic (exact) mass is 951 g/mol. The molecule has 364 valence electrons. The van der Waals surface area contributed by atoms with Gasteiger partial charge in [0.15, 0.2) is 0 Å². The molecule has 4 N–H and O–H groups in total. The molecule has 6 aromatic rings. The smallest absolute Gasteiger partial charge is 0.274 e. The van der Waals surface area contributed by atoms with Gasteiger partial charge in [-0.2, -0.15) is 0 Å². The lowest BCUT2D eigenvalue weighted by molar-refractivity contribution is -0.385. The van der Waals surface area contributed by atoms with Gasteiger partial charge in [-0.3, -0.25) is 29.3 Å². The van der Waals surface area contributed by atoms with Crippen LogP contribution < -0.4 is 21.3 Å². The SMILES string of the molecule is Cc1cc2cc(C)c1NC(=O)c1cccc(n1)C(=O)Nc1c(C)cc(cc1C)C1(CCCCC1)c1cc(C)c(c(C)c1)NC(=O)c1cc([N+](=O)[O-])cc(n1)C(=O)Nc1c(C)cc(cc1C)C21CCCCC1. The first-order valence-electron chi connectivity index (χ1n) is 24.7. The third-order valence-corrected chi connectivity index (χ3v) is 15.4. The normalized spacial score (nSPS) is 16.8. The Kier molecular flexibility index (Phi) is 13.0. The molecule has 0 saturated heterocycles. The number of carbonyl (C=O) groups is 4. The van der Waals surface area contributed by atoms with Crippen LogP contribution in [0.1, 0.15) is 173 Å². The van der Waals surface area contributed by atoms with Crippen molar-refractivity contribution in [2.75, 3.05) is 21.3 Å². The Morgan fingerprint density at radius 1 is 0.408 bits per heavy atom. The van der Waals surface area contributed by atoms with Crippen LogP contribution in [0.25, 0.3) is 0 Å². The van der Waals surface area contributed by atoms with Crippen LogP contribution in [0.2, 0.25) is 0 Å². The van der Waals surface area contributed by atoms with Gasteiger partial charge in [-0.15, -0.1) is 0 Å². The fourth-order valence-electron chi connectivity index (χ4n) is 11.8. The van der Waals surface area contributed by atoms with Crippen LogP contribution in [0.5, 0.6) is 0 Å². The fraction of sp³-hybridized carbons (Fsp3) is 0.345. The average molecular weight is 952 g/mol. The molecule has 4 aromatic carbocycles. The summed E-state index contributed by atoms with van der Waals surface area (Å²) in [6.07, 6.45) is 9.90. The number of rotatable bonds is 1. The van der Waals surface area contributed by atoms with Gasteiger partial charge in [-0.1, -0.05) is 93.1 Å². The molecule has 2 aliphatic carbocycles. The highest BCUT2D eigenvalue weighted by Gasteiger charge is 2.39. The second-order valence-electron chi connectivity index (χ2n) is 20.3. The molecular formula is C58H61N7O6. The Balaban J connectivity index is 1.17. The molecule has 12 heterocycles. The maximum absolute atomic E-state index is 14.1. The van der Waals surface area contributed by atoms with Crippen molar-refractivity contribution in [3.05, 3.63) is 179 Å². The third kappa shape index (κ3) is 9.09. The summed E-state index contributed by atoms with van der Waals surface area (Å²) >= 11 is 0. The lowest BCUT2D eigenvalue weighted by Gasteiger charge is -2.40. The standard InChI is InChI=1S/C58H61N7O6/c1-32-22-40-23-33(2)49(32)61-53(66)45-16-15-17-46(59-45)54(67)62-50-34(3)24-41(25-35(50)4)58(20-13-10-14-21-58)43-28-38(7)52(39(8)29-43)64-56(69)48-31-44(65(70)71)30-47(60-48)55(68)63-51-36(5)26-42(27-37(51)6)57(40)18-11-9-12-19-57/h15-17,22-31H,9-14,18-21H2,1-8H3,(H,61,66)(H,62,67)(H,63,68)(H,64,69). The number of benzene rings is 4. The van der Waals surface area contributed by atoms with Gasteiger partial charge in [-0.25, -0.2) is 9.97 Å². The van der Waals surface area contributed by atoms with Gasteiger partial charge in [0.2, 0.25) is 0 Å². The summed E-state index contributed by atoms with van der Waals surface area (Å²) in [6.45, 7) is 15.7. The Bertz CT molecular complexity index is 2930. The van der Waals surface area contributed by atoms with E-state index >= 15 is 0 Å². The number of hydrogen-bond acceptors (Lipinski definition) is 8. The third-order valence-electron chi connectivity index (χ3n) is 15.4. The van der Waals surface area contributed by atoms with E-state index in [-0.39, 0.29) is 33.6 Å². The maximum atomic E-state index is 14.1. The molecule has 71 heavy (non-hydrogen) atoms. The molecule has 0 unspecified atom stereocenters. The molecule has 13 nitrogen and oxygen atoms in total. The molecule has 12 bridgehead atoms. The summed E-state index contributed by atoms with van der Waals surface area (Å²) in [5.41, 5.74) is 12.3. The average Bonchev–Trinajstić information content (AvgIpc) is 3.35. The van der Waals surface area contributed by atoms with Crippen LogP contribution in [0.3, 0.4) is 0 Å². The summed E-state index contributed by atoms with van der Waals surface area (Å²) in [7, 11) is 0. The van der Waals surface area contributed by atoms with Gasteiger partial charge in [-0.05, 0) is 160 Å². The van der Waals surface area contributed by atoms with E-state index < -0.39 is 34.2 Å². The zero-order valence-electron chi connectivity index (χ0n) is 41.9. The highest BCUT2D eigenvalue weighted by molar-refractivity contribution is 6.08. The zero-order chi connectivity index (χ0) is 50.5. The zero-order valence-corrected chi connectivity index (χ0v) is 41.9. The van der Waals surface area contributed by atoms with E-state index in [1.807, 2.05) is 55.4 Å². The minimum absolute atomic E-state index is 0.120. The molecule has 2 aromatic heterocycles. The molecule has 13 heteroatoms. The summed E-state index contributed by atoms with van der Waals surface area (Å²) in [6, 6.07) is 24.1. The summed E-state index contributed by atoms with van der Waals surface area (Å²) in [4.78, 5) is 76.9. The predicted octanol–water partition coefficient (Wildman–Crippen LogP) is 12.7. The highest BCUT2D eigenvalue weighted by Crippen LogP contribution is 2.49. The van der Waals surface area contributed by atoms with Crippen molar-refractivity contribution in [1.82, 2.24) is 9.97 Å². The van der Waals surface area contributed by atoms with Crippen LogP contribution in [0.4, 0.5) is 28.4 Å². The van der Waals surface area contributed by atoms with Gasteiger partial charge in [0, 0.05) is 45.7 Å². The van der Waals surface area contributed by atoms with Crippen molar-refractivity contribution in [3.63, 3.8) is 0 Å². The molecule has 0 atom stereocenters. The minimum Gasteiger partial charge on any atom is -0.320 e. The molecule has 4 amide bonds. The maximum Gasteiger partial charge on any atom is 0.274 e. The second kappa shape index (κ2) is 19.0. The summed E-state index contributed by atoms with van der Waals surface area (Å²) < 4.78 is 0. The van der Waals surface area contributed by atoms with Crippen LogP contribution >= 0.6 is 0 Å². The van der Waals surface area contributed by atoms with Crippen molar-refractivity contribution >= 4 is 52.1 Å². The number of pyridine rings is 2. The van der Waals surface area contributed by atoms with Crippen molar-refractivity contribution in [2.45, 2.75) is 130 Å². The molecule has 18 rings (SSSR count). The number of nitrogens with one attached hydrogen (secondary N) is 4. The quantitative estimate of drug-likeness (QED) is 0.0926. The van der Waals surface area contributed by atoms with Gasteiger partial charge in [0.1, 0.15) is 22.8 Å². The van der Waals surface area contributed by atoms with Crippen LogP contribution in [0.15, 0.2) is 78.9 Å². The number of amides is 4. The number of hydrogen-bond donors (Lipinski definition) is 4. The number of anilines is 4. The molecule has 2 saturated carbocycles. The first-order chi connectivity index (χ1) is 33.9. The Hall–Kier alpha value is -7.54. The Morgan fingerprint density at radius 2 is 0.662 bits per heavy atom. The Morgan fingerprint density at radius 3 is 0.930 bits per heavy atom. The van der Waals surface area contributed by atoms with Crippen molar-refractivity contribution in [1.29, 1.82) is 0 Å². The van der Waals surface area contributed by atoms with Crippen molar-refractivity contribution < 1.29 is 24.1 Å². The van der Waals surface area contributed by atoms with Crippen molar-refractivity contribution in [3.8, 4) is 0 Å². The molecule has 10 aliphatic heterocycles. The number of aryl methyl sites for hydroxylation is 8. The van der Waals surface area contributed by atoms with Crippen molar-refractivity contribution in [2.24, 2.45) is 0 Å². The van der Waals surface area contributed by atoms with Gasteiger partial charge < -0.3 is 21.3 Å². The van der Waals surface area contributed by atoms with Gasteiger partial charge >= 0.3 is 0 Å². The highest BCUT2D eigenvalue weighted by atomic mass is 16.6. The molecule has 2 spiro atoms. The number of aromatic nitrogens is 2. The molecular weight excluding hydrogens is 891 g/mol. The Labute approximate surface area is 414 Å². The van der Waals surface area contributed by atoms with Gasteiger partial charge in [0.05, 0.1) is 4.92 Å². The van der Waals surface area contributed by atoms with E-state index in [0.29, 0.717) is 22.7 Å². The first-order valence-corrected chi connectivity index (χ1v) is 24.7. The molecule has 0 radical (unpaired) electrons. The summed E-state index contributed by atoms with van der Waals surface area (Å²) in [5.74, 6) is -2.21. The molecule has 2 fully saturated rings. The second-order valence-corrected chi connectivity index (χ2v) is 20.3. The van der Waals surface area contributed by atoms with E-state index in [2.05, 4.69) is 79.8 Å². The number of nitrogens with zero attached hydrogens (tertiary/aromatic N) is 3. The van der Waals surface area contributed by atoms with E-state index in [1.54, 1.807) is 18.2 Å². The lowest BCUT2D eigenvalue weighted by Crippen LogP contribution is -2.31. The fourth-order valence-corrected chi connectivity index (χ4v) is 11.8. The number of nitro groups is 1. The minimum atomic E-state index is -0.679. The number of carbonyl (C=O) groups excluding carboxylic acids is 4. The predicted molar refractivity (Wildman–Crippen MR) is 278 cm³/mol. The molecule has 12 aliphatic rings. The lowest BCUT2D eigenvalue weighted by atomic mass is 9.64. The summed E-state index contributed by atoms with van der Waals surface area (Å²) in [5, 5.41) is 24.5. The van der Waals surface area contributed by atoms with E-state index in [1.165, 1.54) is 0 Å².